The van der Waals surface area contributed by atoms with Gasteiger partial charge in [-0.25, -0.2) is 18.2 Å². The number of pyridine rings is 1. The summed E-state index contributed by atoms with van der Waals surface area (Å²) in [6.45, 7) is 7.97. The first-order chi connectivity index (χ1) is 22.3. The minimum absolute atomic E-state index is 0.0453. The maximum Gasteiger partial charge on any atom is 0.409 e. The summed E-state index contributed by atoms with van der Waals surface area (Å²) >= 11 is 0. The van der Waals surface area contributed by atoms with Crippen molar-refractivity contribution in [2.75, 3.05) is 32.8 Å². The predicted molar refractivity (Wildman–Crippen MR) is 173 cm³/mol. The predicted octanol–water partition coefficient (Wildman–Crippen LogP) is 4.10. The van der Waals surface area contributed by atoms with Crippen LogP contribution in [0.15, 0.2) is 82.6 Å². The second-order valence-corrected chi connectivity index (χ2v) is 13.9. The van der Waals surface area contributed by atoms with E-state index in [2.05, 4.69) is 10.3 Å². The van der Waals surface area contributed by atoms with Crippen LogP contribution >= 0.6 is 0 Å². The number of hydrogen-bond donors (Lipinski definition) is 1. The van der Waals surface area contributed by atoms with Crippen molar-refractivity contribution in [3.05, 3.63) is 78.5 Å². The van der Waals surface area contributed by atoms with Crippen LogP contribution in [-0.2, 0) is 28.9 Å². The van der Waals surface area contributed by atoms with E-state index in [0.29, 0.717) is 5.56 Å². The number of carbonyl (C=O) groups excluding carboxylic acids is 4. The molecule has 1 fully saturated rings. The van der Waals surface area contributed by atoms with E-state index in [1.807, 2.05) is 0 Å². The highest BCUT2D eigenvalue weighted by molar-refractivity contribution is 7.91. The van der Waals surface area contributed by atoms with Gasteiger partial charge < -0.3 is 24.6 Å². The minimum atomic E-state index is -4.04. The van der Waals surface area contributed by atoms with Gasteiger partial charge in [0.25, 0.3) is 5.91 Å². The van der Waals surface area contributed by atoms with Gasteiger partial charge in [-0.15, -0.1) is 0 Å². The first-order valence-corrected chi connectivity index (χ1v) is 16.9. The number of sulfone groups is 1. The third-order valence-corrected chi connectivity index (χ3v) is 8.99. The number of ether oxygens (including phenoxy) is 2. The summed E-state index contributed by atoms with van der Waals surface area (Å²) in [7, 11) is -4.04. The zero-order valence-electron chi connectivity index (χ0n) is 27.0. The lowest BCUT2D eigenvalue weighted by molar-refractivity contribution is -0.155. The van der Waals surface area contributed by atoms with Gasteiger partial charge in [-0.2, -0.15) is 0 Å². The molecule has 250 valence electrons. The molecular weight excluding hydrogens is 624 g/mol. The van der Waals surface area contributed by atoms with Gasteiger partial charge in [0.15, 0.2) is 0 Å². The van der Waals surface area contributed by atoms with Crippen LogP contribution in [0.4, 0.5) is 4.79 Å². The van der Waals surface area contributed by atoms with E-state index in [1.54, 1.807) is 76.2 Å². The van der Waals surface area contributed by atoms with Crippen molar-refractivity contribution in [2.24, 2.45) is 0 Å². The highest BCUT2D eigenvalue weighted by Crippen LogP contribution is 2.26. The van der Waals surface area contributed by atoms with E-state index in [4.69, 9.17) is 9.47 Å². The summed E-state index contributed by atoms with van der Waals surface area (Å²) in [5, 5.41) is 2.70. The van der Waals surface area contributed by atoms with Crippen LogP contribution in [0.3, 0.4) is 0 Å². The topological polar surface area (TPSA) is 152 Å². The Kier molecular flexibility index (Phi) is 11.3. The number of hydrogen-bond acceptors (Lipinski definition) is 9. The standard InChI is InChI=1S/C34H40N4O8S/c1-5-45-33(42)38-20-18-37(19-21-38)32(41)27(16-17-30(39)46-34(2,3)4)36-31(40)29-23-26(47(43,44)25-14-10-7-11-15-25)22-28(35-29)24-12-8-6-9-13-24/h6-15,22-23,27H,5,16-21H2,1-4H3,(H,36,40). The van der Waals surface area contributed by atoms with Crippen LogP contribution in [0.1, 0.15) is 51.0 Å². The lowest BCUT2D eigenvalue weighted by Crippen LogP contribution is -2.56. The quantitative estimate of drug-likeness (QED) is 0.316. The molecule has 0 aliphatic carbocycles. The van der Waals surface area contributed by atoms with Crippen LogP contribution in [0, 0.1) is 0 Å². The highest BCUT2D eigenvalue weighted by atomic mass is 32.2. The molecule has 4 rings (SSSR count). The number of piperazine rings is 1. The van der Waals surface area contributed by atoms with Gasteiger partial charge in [-0.3, -0.25) is 14.4 Å². The number of carbonyl (C=O) groups is 4. The largest absolute Gasteiger partial charge is 0.460 e. The van der Waals surface area contributed by atoms with E-state index in [9.17, 15) is 27.6 Å². The molecule has 2 heterocycles. The molecule has 1 saturated heterocycles. The zero-order chi connectivity index (χ0) is 34.2. The smallest absolute Gasteiger partial charge is 0.409 e. The maximum atomic E-state index is 13.8. The summed E-state index contributed by atoms with van der Waals surface area (Å²) in [6, 6.07) is 18.1. The Balaban J connectivity index is 1.64. The van der Waals surface area contributed by atoms with Crippen molar-refractivity contribution >= 4 is 33.7 Å². The molecule has 1 aliphatic heterocycles. The molecular formula is C34H40N4O8S. The number of amides is 3. The van der Waals surface area contributed by atoms with Crippen molar-refractivity contribution in [1.29, 1.82) is 0 Å². The molecule has 1 N–H and O–H groups in total. The average Bonchev–Trinajstić information content (AvgIpc) is 3.06. The van der Waals surface area contributed by atoms with Crippen LogP contribution in [0.2, 0.25) is 0 Å². The molecule has 0 radical (unpaired) electrons. The molecule has 1 aromatic heterocycles. The molecule has 12 nitrogen and oxygen atoms in total. The van der Waals surface area contributed by atoms with Crippen LogP contribution in [0.25, 0.3) is 11.3 Å². The first-order valence-electron chi connectivity index (χ1n) is 15.4. The fraction of sp³-hybridized carbons (Fsp3) is 0.382. The summed E-state index contributed by atoms with van der Waals surface area (Å²) in [5.74, 6) is -1.79. The summed E-state index contributed by atoms with van der Waals surface area (Å²) in [6.07, 6.45) is -0.715. The second-order valence-electron chi connectivity index (χ2n) is 11.9. The van der Waals surface area contributed by atoms with Gasteiger partial charge >= 0.3 is 12.1 Å². The van der Waals surface area contributed by atoms with E-state index in [0.717, 1.165) is 0 Å². The Morgan fingerprint density at radius 3 is 2.06 bits per heavy atom. The van der Waals surface area contributed by atoms with E-state index >= 15 is 0 Å². The molecule has 3 amide bonds. The Hall–Kier alpha value is -4.78. The fourth-order valence-corrected chi connectivity index (χ4v) is 6.28. The monoisotopic (exact) mass is 664 g/mol. The third kappa shape index (κ3) is 9.38. The Morgan fingerprint density at radius 2 is 1.47 bits per heavy atom. The summed E-state index contributed by atoms with van der Waals surface area (Å²) < 4.78 is 37.7. The number of rotatable bonds is 10. The maximum absolute atomic E-state index is 13.8. The molecule has 1 atom stereocenters. The van der Waals surface area contributed by atoms with E-state index < -0.39 is 45.4 Å². The van der Waals surface area contributed by atoms with Crippen molar-refractivity contribution < 1.29 is 37.1 Å². The molecule has 1 unspecified atom stereocenters. The minimum Gasteiger partial charge on any atom is -0.460 e. The van der Waals surface area contributed by atoms with E-state index in [1.165, 1.54) is 34.1 Å². The third-order valence-electron chi connectivity index (χ3n) is 7.24. The second kappa shape index (κ2) is 15.2. The van der Waals surface area contributed by atoms with Gasteiger partial charge in [0.1, 0.15) is 17.3 Å². The normalized spacial score (nSPS) is 14.2. The molecule has 13 heteroatoms. The highest BCUT2D eigenvalue weighted by Gasteiger charge is 2.32. The Labute approximate surface area is 275 Å². The number of esters is 1. The lowest BCUT2D eigenvalue weighted by Gasteiger charge is -2.36. The summed E-state index contributed by atoms with van der Waals surface area (Å²) in [4.78, 5) is 59.7. The Morgan fingerprint density at radius 1 is 0.872 bits per heavy atom. The molecule has 0 bridgehead atoms. The van der Waals surface area contributed by atoms with Gasteiger partial charge in [0, 0.05) is 38.2 Å². The SMILES string of the molecule is CCOC(=O)N1CCN(C(=O)C(CCC(=O)OC(C)(C)C)NC(=O)c2cc(S(=O)(=O)c3ccccc3)cc(-c3ccccc3)n2)CC1. The lowest BCUT2D eigenvalue weighted by atomic mass is 10.1. The first kappa shape index (κ1) is 35.1. The van der Waals surface area contributed by atoms with Crippen molar-refractivity contribution in [2.45, 2.75) is 62.0 Å². The van der Waals surface area contributed by atoms with Crippen molar-refractivity contribution in [3.63, 3.8) is 0 Å². The van der Waals surface area contributed by atoms with Crippen molar-refractivity contribution in [3.8, 4) is 11.3 Å². The van der Waals surface area contributed by atoms with Gasteiger partial charge in [-0.1, -0.05) is 48.5 Å². The molecule has 2 aromatic carbocycles. The number of aromatic nitrogens is 1. The molecule has 3 aromatic rings. The number of benzene rings is 2. The zero-order valence-corrected chi connectivity index (χ0v) is 27.8. The molecule has 1 aliphatic rings. The van der Waals surface area contributed by atoms with Crippen LogP contribution < -0.4 is 5.32 Å². The van der Waals surface area contributed by atoms with Crippen LogP contribution in [0.5, 0.6) is 0 Å². The number of nitrogens with one attached hydrogen (secondary N) is 1. The molecule has 0 saturated carbocycles. The van der Waals surface area contributed by atoms with Crippen molar-refractivity contribution in [1.82, 2.24) is 20.1 Å². The average molecular weight is 665 g/mol. The van der Waals surface area contributed by atoms with Crippen LogP contribution in [-0.4, -0.2) is 91.5 Å². The molecule has 47 heavy (non-hydrogen) atoms. The number of nitrogens with zero attached hydrogens (tertiary/aromatic N) is 3. The van der Waals surface area contributed by atoms with Gasteiger partial charge in [0.05, 0.1) is 22.1 Å². The van der Waals surface area contributed by atoms with Gasteiger partial charge in [-0.05, 0) is 58.4 Å². The molecule has 0 spiro atoms. The summed E-state index contributed by atoms with van der Waals surface area (Å²) in [5.41, 5.74) is -0.127. The van der Waals surface area contributed by atoms with Gasteiger partial charge in [0.2, 0.25) is 15.7 Å². The fourth-order valence-electron chi connectivity index (χ4n) is 4.96. The Bertz CT molecular complexity index is 1680. The van der Waals surface area contributed by atoms with E-state index in [-0.39, 0.29) is 66.8 Å².